The van der Waals surface area contributed by atoms with Crippen LogP contribution in [0.25, 0.3) is 0 Å². The zero-order valence-electron chi connectivity index (χ0n) is 9.47. The van der Waals surface area contributed by atoms with Gasteiger partial charge in [-0.1, -0.05) is 0 Å². The van der Waals surface area contributed by atoms with E-state index in [9.17, 15) is 0 Å². The van der Waals surface area contributed by atoms with Crippen molar-refractivity contribution in [3.05, 3.63) is 28.2 Å². The maximum absolute atomic E-state index is 4.39. The molecule has 0 bridgehead atoms. The fourth-order valence-corrected chi connectivity index (χ4v) is 2.15. The molecule has 0 fully saturated rings. The van der Waals surface area contributed by atoms with Crippen LogP contribution >= 0.6 is 11.3 Å². The first-order chi connectivity index (χ1) is 7.75. The second kappa shape index (κ2) is 5.18. The standard InChI is InChI=1S/C10H15N5S/c1-8-6-16-10(13-8)5-11-4-3-9-14-12-7-15(9)2/h6-7,11H,3-5H2,1-2H3. The van der Waals surface area contributed by atoms with Gasteiger partial charge in [0.2, 0.25) is 0 Å². The van der Waals surface area contributed by atoms with E-state index in [2.05, 4.69) is 25.9 Å². The van der Waals surface area contributed by atoms with Crippen molar-refractivity contribution >= 4 is 11.3 Å². The molecule has 0 aromatic carbocycles. The summed E-state index contributed by atoms with van der Waals surface area (Å²) in [6, 6.07) is 0. The van der Waals surface area contributed by atoms with E-state index in [4.69, 9.17) is 0 Å². The summed E-state index contributed by atoms with van der Waals surface area (Å²) in [5, 5.41) is 14.4. The quantitative estimate of drug-likeness (QED) is 0.785. The summed E-state index contributed by atoms with van der Waals surface area (Å²) in [4.78, 5) is 4.39. The van der Waals surface area contributed by atoms with Gasteiger partial charge in [-0.25, -0.2) is 4.98 Å². The first-order valence-electron chi connectivity index (χ1n) is 5.20. The fourth-order valence-electron chi connectivity index (χ4n) is 1.41. The summed E-state index contributed by atoms with van der Waals surface area (Å²) >= 11 is 1.69. The average Bonchev–Trinajstić information content (AvgIpc) is 2.83. The predicted octanol–water partition coefficient (Wildman–Crippen LogP) is 0.912. The van der Waals surface area contributed by atoms with Crippen LogP contribution in [-0.2, 0) is 20.0 Å². The van der Waals surface area contributed by atoms with Gasteiger partial charge in [-0.05, 0) is 6.92 Å². The molecule has 6 heteroatoms. The van der Waals surface area contributed by atoms with Crippen LogP contribution in [0.5, 0.6) is 0 Å². The third kappa shape index (κ3) is 2.86. The van der Waals surface area contributed by atoms with Crippen molar-refractivity contribution in [1.82, 2.24) is 25.1 Å². The van der Waals surface area contributed by atoms with E-state index >= 15 is 0 Å². The van der Waals surface area contributed by atoms with Crippen LogP contribution < -0.4 is 5.32 Å². The predicted molar refractivity (Wildman–Crippen MR) is 63.3 cm³/mol. The third-order valence-corrected chi connectivity index (χ3v) is 3.24. The van der Waals surface area contributed by atoms with Gasteiger partial charge < -0.3 is 9.88 Å². The molecule has 2 heterocycles. The Labute approximate surface area is 98.5 Å². The Balaban J connectivity index is 1.71. The Bertz CT molecular complexity index is 448. The maximum atomic E-state index is 4.39. The number of nitrogens with zero attached hydrogens (tertiary/aromatic N) is 4. The molecule has 0 atom stereocenters. The lowest BCUT2D eigenvalue weighted by molar-refractivity contribution is 0.651. The number of aryl methyl sites for hydroxylation is 2. The van der Waals surface area contributed by atoms with Gasteiger partial charge in [-0.3, -0.25) is 0 Å². The molecule has 0 unspecified atom stereocenters. The van der Waals surface area contributed by atoms with Crippen molar-refractivity contribution < 1.29 is 0 Å². The van der Waals surface area contributed by atoms with E-state index in [-0.39, 0.29) is 0 Å². The monoisotopic (exact) mass is 237 g/mol. The lowest BCUT2D eigenvalue weighted by Gasteiger charge is -2.01. The molecular formula is C10H15N5S. The first kappa shape index (κ1) is 11.2. The van der Waals surface area contributed by atoms with Crippen LogP contribution in [0.4, 0.5) is 0 Å². The third-order valence-electron chi connectivity index (χ3n) is 2.27. The Morgan fingerprint density at radius 2 is 2.38 bits per heavy atom. The van der Waals surface area contributed by atoms with Crippen LogP contribution in [0.2, 0.25) is 0 Å². The van der Waals surface area contributed by atoms with Crippen LogP contribution in [0.3, 0.4) is 0 Å². The molecule has 5 nitrogen and oxygen atoms in total. The molecule has 0 aliphatic rings. The lowest BCUT2D eigenvalue weighted by atomic mass is 10.4. The van der Waals surface area contributed by atoms with Gasteiger partial charge in [0.25, 0.3) is 0 Å². The van der Waals surface area contributed by atoms with Gasteiger partial charge >= 0.3 is 0 Å². The summed E-state index contributed by atoms with van der Waals surface area (Å²) in [6.45, 7) is 3.74. The van der Waals surface area contributed by atoms with Crippen molar-refractivity contribution in [2.45, 2.75) is 19.9 Å². The number of hydrogen-bond acceptors (Lipinski definition) is 5. The van der Waals surface area contributed by atoms with Gasteiger partial charge in [0.05, 0.1) is 0 Å². The lowest BCUT2D eigenvalue weighted by Crippen LogP contribution is -2.18. The van der Waals surface area contributed by atoms with E-state index in [1.807, 2.05) is 18.5 Å². The van der Waals surface area contributed by atoms with Gasteiger partial charge in [0, 0.05) is 37.6 Å². The molecule has 16 heavy (non-hydrogen) atoms. The Morgan fingerprint density at radius 1 is 1.50 bits per heavy atom. The number of rotatable bonds is 5. The summed E-state index contributed by atoms with van der Waals surface area (Å²) in [7, 11) is 1.96. The zero-order chi connectivity index (χ0) is 11.4. The summed E-state index contributed by atoms with van der Waals surface area (Å²) in [6.07, 6.45) is 2.61. The molecule has 0 saturated heterocycles. The normalized spacial score (nSPS) is 10.9. The van der Waals surface area contributed by atoms with Gasteiger partial charge in [-0.15, -0.1) is 21.5 Å². The minimum Gasteiger partial charge on any atom is -0.321 e. The summed E-state index contributed by atoms with van der Waals surface area (Å²) < 4.78 is 1.94. The highest BCUT2D eigenvalue weighted by molar-refractivity contribution is 7.09. The molecule has 1 N–H and O–H groups in total. The maximum Gasteiger partial charge on any atom is 0.133 e. The Kier molecular flexibility index (Phi) is 3.63. The highest BCUT2D eigenvalue weighted by atomic mass is 32.1. The molecule has 2 aromatic heterocycles. The van der Waals surface area contributed by atoms with Crippen molar-refractivity contribution in [2.75, 3.05) is 6.54 Å². The van der Waals surface area contributed by atoms with E-state index in [0.717, 1.165) is 36.0 Å². The van der Waals surface area contributed by atoms with E-state index in [1.54, 1.807) is 17.7 Å². The molecular weight excluding hydrogens is 222 g/mol. The largest absolute Gasteiger partial charge is 0.321 e. The number of nitrogens with one attached hydrogen (secondary N) is 1. The average molecular weight is 237 g/mol. The SMILES string of the molecule is Cc1csc(CNCCc2nncn2C)n1. The van der Waals surface area contributed by atoms with E-state index < -0.39 is 0 Å². The Morgan fingerprint density at radius 3 is 3.00 bits per heavy atom. The summed E-state index contributed by atoms with van der Waals surface area (Å²) in [5.74, 6) is 1.00. The van der Waals surface area contributed by atoms with E-state index in [1.165, 1.54) is 0 Å². The van der Waals surface area contributed by atoms with E-state index in [0.29, 0.717) is 0 Å². The van der Waals surface area contributed by atoms with Crippen LogP contribution in [0.1, 0.15) is 16.5 Å². The second-order valence-electron chi connectivity index (χ2n) is 3.67. The fraction of sp³-hybridized carbons (Fsp3) is 0.500. The minimum absolute atomic E-state index is 0.830. The minimum atomic E-state index is 0.830. The number of aromatic nitrogens is 4. The second-order valence-corrected chi connectivity index (χ2v) is 4.61. The van der Waals surface area contributed by atoms with Crippen LogP contribution in [0, 0.1) is 6.92 Å². The topological polar surface area (TPSA) is 55.6 Å². The first-order valence-corrected chi connectivity index (χ1v) is 6.08. The molecule has 0 aliphatic heterocycles. The summed E-state index contributed by atoms with van der Waals surface area (Å²) in [5.41, 5.74) is 1.09. The van der Waals surface area contributed by atoms with Crippen molar-refractivity contribution in [1.29, 1.82) is 0 Å². The van der Waals surface area contributed by atoms with Gasteiger partial charge in [-0.2, -0.15) is 0 Å². The highest BCUT2D eigenvalue weighted by Gasteiger charge is 2.01. The molecule has 2 rings (SSSR count). The molecule has 2 aromatic rings. The van der Waals surface area contributed by atoms with Gasteiger partial charge in [0.15, 0.2) is 0 Å². The zero-order valence-corrected chi connectivity index (χ0v) is 10.3. The molecule has 86 valence electrons. The molecule has 0 aliphatic carbocycles. The van der Waals surface area contributed by atoms with Crippen molar-refractivity contribution in [2.24, 2.45) is 7.05 Å². The van der Waals surface area contributed by atoms with Crippen molar-refractivity contribution in [3.63, 3.8) is 0 Å². The van der Waals surface area contributed by atoms with Crippen molar-refractivity contribution in [3.8, 4) is 0 Å². The molecule has 0 radical (unpaired) electrons. The molecule has 0 amide bonds. The number of thiazole rings is 1. The van der Waals surface area contributed by atoms with Crippen LogP contribution in [-0.4, -0.2) is 26.3 Å². The Hall–Kier alpha value is -1.27. The number of hydrogen-bond donors (Lipinski definition) is 1. The van der Waals surface area contributed by atoms with Gasteiger partial charge in [0.1, 0.15) is 17.2 Å². The highest BCUT2D eigenvalue weighted by Crippen LogP contribution is 2.07. The molecule has 0 spiro atoms. The smallest absolute Gasteiger partial charge is 0.133 e. The van der Waals surface area contributed by atoms with Crippen LogP contribution in [0.15, 0.2) is 11.7 Å². The molecule has 0 saturated carbocycles.